The molecular weight excluding hydrogens is 254 g/mol. The number of aliphatic hydroxyl groups is 1. The molecule has 2 saturated carbocycles. The molecule has 2 aliphatic rings. The number of thiophene rings is 1. The summed E-state index contributed by atoms with van der Waals surface area (Å²) in [6.07, 6.45) is 2.21. The normalized spacial score (nSPS) is 39.9. The second-order valence-electron chi connectivity index (χ2n) is 7.15. The summed E-state index contributed by atoms with van der Waals surface area (Å²) in [6.45, 7) is 9.98. The average Bonchev–Trinajstić information content (AvgIpc) is 2.89. The van der Waals surface area contributed by atoms with Gasteiger partial charge in [-0.2, -0.15) is 0 Å². The van der Waals surface area contributed by atoms with Crippen LogP contribution in [-0.4, -0.2) is 17.3 Å². The van der Waals surface area contributed by atoms with Crippen LogP contribution in [0.25, 0.3) is 0 Å². The molecule has 0 spiro atoms. The van der Waals surface area contributed by atoms with Gasteiger partial charge < -0.3 is 10.4 Å². The van der Waals surface area contributed by atoms with Gasteiger partial charge in [-0.15, -0.1) is 11.3 Å². The predicted octanol–water partition coefficient (Wildman–Crippen LogP) is 3.33. The lowest BCUT2D eigenvalue weighted by molar-refractivity contribution is -0.000138. The number of hydrogen-bond acceptors (Lipinski definition) is 3. The van der Waals surface area contributed by atoms with Gasteiger partial charge in [0.05, 0.1) is 6.10 Å². The molecule has 3 rings (SSSR count). The lowest BCUT2D eigenvalue weighted by Gasteiger charge is -2.37. The maximum atomic E-state index is 10.7. The fourth-order valence-corrected chi connectivity index (χ4v) is 5.23. The van der Waals surface area contributed by atoms with Crippen LogP contribution in [0, 0.1) is 23.7 Å². The van der Waals surface area contributed by atoms with Gasteiger partial charge in [0.15, 0.2) is 0 Å². The van der Waals surface area contributed by atoms with E-state index in [0.717, 1.165) is 6.54 Å². The van der Waals surface area contributed by atoms with E-state index in [9.17, 15) is 5.11 Å². The number of fused-ring (bicyclic) bond motifs is 2. The number of aliphatic hydroxyl groups excluding tert-OH is 1. The summed E-state index contributed by atoms with van der Waals surface area (Å²) in [6, 6.07) is 4.63. The van der Waals surface area contributed by atoms with Crippen molar-refractivity contribution in [3.63, 3.8) is 0 Å². The van der Waals surface area contributed by atoms with E-state index in [4.69, 9.17) is 0 Å². The molecule has 2 aliphatic carbocycles. The van der Waals surface area contributed by atoms with Crippen LogP contribution in [0.4, 0.5) is 0 Å². The van der Waals surface area contributed by atoms with E-state index < -0.39 is 0 Å². The van der Waals surface area contributed by atoms with Crippen LogP contribution < -0.4 is 5.32 Å². The Bertz CT molecular complexity index is 481. The van der Waals surface area contributed by atoms with Crippen LogP contribution in [-0.2, 0) is 6.54 Å². The molecule has 3 heteroatoms. The van der Waals surface area contributed by atoms with Crippen LogP contribution in [0.5, 0.6) is 0 Å². The van der Waals surface area contributed by atoms with Crippen LogP contribution in [0.1, 0.15) is 43.4 Å². The van der Waals surface area contributed by atoms with Gasteiger partial charge in [0, 0.05) is 27.8 Å². The zero-order valence-corrected chi connectivity index (χ0v) is 13.2. The van der Waals surface area contributed by atoms with Gasteiger partial charge >= 0.3 is 0 Å². The average molecular weight is 279 g/mol. The Balaban J connectivity index is 1.73. The Labute approximate surface area is 120 Å². The third-order valence-electron chi connectivity index (χ3n) is 6.11. The summed E-state index contributed by atoms with van der Waals surface area (Å²) in [7, 11) is 0. The minimum absolute atomic E-state index is 0.0840. The van der Waals surface area contributed by atoms with Gasteiger partial charge in [-0.3, -0.25) is 0 Å². The SMILES string of the molecule is Cc1ccc(CN[C@@H]2[C@H]3CC[C@@](C)([C@@H]2O)C3(C)C)s1. The van der Waals surface area contributed by atoms with Crippen LogP contribution in [0.3, 0.4) is 0 Å². The second-order valence-corrected chi connectivity index (χ2v) is 8.52. The molecule has 2 fully saturated rings. The van der Waals surface area contributed by atoms with E-state index in [1.54, 1.807) is 0 Å². The Hall–Kier alpha value is -0.380. The molecule has 2 bridgehead atoms. The fraction of sp³-hybridized carbons (Fsp3) is 0.750. The number of hydrogen-bond donors (Lipinski definition) is 2. The van der Waals surface area contributed by atoms with Gasteiger partial charge in [0.1, 0.15) is 0 Å². The summed E-state index contributed by atoms with van der Waals surface area (Å²) in [5.41, 5.74) is 0.330. The molecule has 4 atom stereocenters. The first-order chi connectivity index (χ1) is 8.86. The molecule has 2 nitrogen and oxygen atoms in total. The highest BCUT2D eigenvalue weighted by atomic mass is 32.1. The molecule has 106 valence electrons. The van der Waals surface area contributed by atoms with E-state index in [1.807, 2.05) is 11.3 Å². The monoisotopic (exact) mass is 279 g/mol. The van der Waals surface area contributed by atoms with E-state index >= 15 is 0 Å². The molecule has 19 heavy (non-hydrogen) atoms. The minimum atomic E-state index is -0.206. The highest BCUT2D eigenvalue weighted by molar-refractivity contribution is 7.11. The van der Waals surface area contributed by atoms with Crippen molar-refractivity contribution in [1.29, 1.82) is 0 Å². The standard InChI is InChI=1S/C16H25NOS/c1-10-5-6-11(19-10)9-17-13-12-7-8-16(4,14(13)18)15(12,2)3/h5-6,12-14,17-18H,7-9H2,1-4H3/t12-,13-,14-,16+/m1/s1. The van der Waals surface area contributed by atoms with E-state index in [0.29, 0.717) is 5.92 Å². The van der Waals surface area contributed by atoms with E-state index in [-0.39, 0.29) is 23.0 Å². The second kappa shape index (κ2) is 4.31. The zero-order valence-electron chi connectivity index (χ0n) is 12.4. The van der Waals surface area contributed by atoms with Crippen LogP contribution in [0.2, 0.25) is 0 Å². The topological polar surface area (TPSA) is 32.3 Å². The Morgan fingerprint density at radius 1 is 1.37 bits per heavy atom. The molecule has 0 aromatic carbocycles. The van der Waals surface area contributed by atoms with Gasteiger partial charge in [0.25, 0.3) is 0 Å². The molecule has 0 unspecified atom stereocenters. The fourth-order valence-electron chi connectivity index (χ4n) is 4.39. The van der Waals surface area contributed by atoms with Gasteiger partial charge in [-0.1, -0.05) is 20.8 Å². The molecule has 1 aromatic heterocycles. The highest BCUT2D eigenvalue weighted by Gasteiger charge is 2.65. The van der Waals surface area contributed by atoms with Gasteiger partial charge in [-0.25, -0.2) is 0 Å². The predicted molar refractivity (Wildman–Crippen MR) is 80.3 cm³/mol. The van der Waals surface area contributed by atoms with Gasteiger partial charge in [-0.05, 0) is 43.2 Å². The Morgan fingerprint density at radius 3 is 2.63 bits per heavy atom. The van der Waals surface area contributed by atoms with Crippen molar-refractivity contribution in [2.45, 2.75) is 59.2 Å². The highest BCUT2D eigenvalue weighted by Crippen LogP contribution is 2.65. The molecule has 0 saturated heterocycles. The third kappa shape index (κ3) is 1.82. The number of aryl methyl sites for hydroxylation is 1. The molecule has 0 radical (unpaired) electrons. The van der Waals surface area contributed by atoms with Crippen molar-refractivity contribution in [3.05, 3.63) is 21.9 Å². The van der Waals surface area contributed by atoms with E-state index in [2.05, 4.69) is 45.1 Å². The number of rotatable bonds is 3. The van der Waals surface area contributed by atoms with Crippen LogP contribution in [0.15, 0.2) is 12.1 Å². The molecule has 2 N–H and O–H groups in total. The smallest absolute Gasteiger partial charge is 0.0754 e. The van der Waals surface area contributed by atoms with Crippen molar-refractivity contribution in [3.8, 4) is 0 Å². The van der Waals surface area contributed by atoms with Crippen molar-refractivity contribution >= 4 is 11.3 Å². The Morgan fingerprint density at radius 2 is 2.11 bits per heavy atom. The maximum Gasteiger partial charge on any atom is 0.0754 e. The molecule has 0 amide bonds. The van der Waals surface area contributed by atoms with Gasteiger partial charge in [0.2, 0.25) is 0 Å². The third-order valence-corrected chi connectivity index (χ3v) is 7.11. The molecular formula is C16H25NOS. The van der Waals surface area contributed by atoms with Crippen molar-refractivity contribution < 1.29 is 5.11 Å². The minimum Gasteiger partial charge on any atom is -0.391 e. The first-order valence-electron chi connectivity index (χ1n) is 7.33. The maximum absolute atomic E-state index is 10.7. The molecule has 1 aromatic rings. The molecule has 0 aliphatic heterocycles. The summed E-state index contributed by atoms with van der Waals surface area (Å²) >= 11 is 1.85. The van der Waals surface area contributed by atoms with Crippen molar-refractivity contribution in [2.24, 2.45) is 16.7 Å². The zero-order chi connectivity index (χ0) is 13.8. The summed E-state index contributed by atoms with van der Waals surface area (Å²) < 4.78 is 0. The largest absolute Gasteiger partial charge is 0.391 e. The summed E-state index contributed by atoms with van der Waals surface area (Å²) in [4.78, 5) is 2.73. The summed E-state index contributed by atoms with van der Waals surface area (Å²) in [5.74, 6) is 0.605. The van der Waals surface area contributed by atoms with Crippen molar-refractivity contribution in [1.82, 2.24) is 5.32 Å². The molecule has 1 heterocycles. The van der Waals surface area contributed by atoms with E-state index in [1.165, 1.54) is 22.6 Å². The first kappa shape index (κ1) is 13.6. The lowest BCUT2D eigenvalue weighted by atomic mass is 9.70. The quantitative estimate of drug-likeness (QED) is 0.889. The summed E-state index contributed by atoms with van der Waals surface area (Å²) in [5, 5.41) is 14.3. The van der Waals surface area contributed by atoms with Crippen molar-refractivity contribution in [2.75, 3.05) is 0 Å². The lowest BCUT2D eigenvalue weighted by Crippen LogP contribution is -2.46. The Kier molecular flexibility index (Phi) is 3.08. The first-order valence-corrected chi connectivity index (χ1v) is 8.15. The number of nitrogens with one attached hydrogen (secondary N) is 1. The van der Waals surface area contributed by atoms with Crippen LogP contribution >= 0.6 is 11.3 Å².